The summed E-state index contributed by atoms with van der Waals surface area (Å²) in [5, 5.41) is 6.08. The van der Waals surface area contributed by atoms with E-state index in [1.165, 1.54) is 26.2 Å². The van der Waals surface area contributed by atoms with Gasteiger partial charge in [0.25, 0.3) is 0 Å². The molecule has 0 spiro atoms. The Morgan fingerprint density at radius 1 is 1.06 bits per heavy atom. The number of carbonyl (C=O) groups excluding carboxylic acids is 1. The van der Waals surface area contributed by atoms with Gasteiger partial charge in [-0.3, -0.25) is 4.79 Å². The Balaban J connectivity index is 1.91. The van der Waals surface area contributed by atoms with Gasteiger partial charge in [0.05, 0.1) is 19.9 Å². The van der Waals surface area contributed by atoms with Crippen molar-refractivity contribution in [3.8, 4) is 23.0 Å². The third-order valence-corrected chi connectivity index (χ3v) is 6.09. The minimum atomic E-state index is -1.29. The quantitative estimate of drug-likeness (QED) is 0.599. The van der Waals surface area contributed by atoms with E-state index in [0.717, 1.165) is 5.56 Å². The molecule has 1 amide bonds. The highest BCUT2D eigenvalue weighted by Crippen LogP contribution is 2.44. The highest BCUT2D eigenvalue weighted by Gasteiger charge is 2.48. The van der Waals surface area contributed by atoms with Crippen molar-refractivity contribution < 1.29 is 33.2 Å². The number of amides is 1. The van der Waals surface area contributed by atoms with Gasteiger partial charge in [-0.05, 0) is 43.3 Å². The smallest absolute Gasteiger partial charge is 0.240 e. The molecule has 0 bridgehead atoms. The summed E-state index contributed by atoms with van der Waals surface area (Å²) in [6.45, 7) is 3.39. The molecule has 2 aliphatic heterocycles. The molecule has 0 aromatic heterocycles. The van der Waals surface area contributed by atoms with Crippen molar-refractivity contribution in [2.75, 3.05) is 35.2 Å². The summed E-state index contributed by atoms with van der Waals surface area (Å²) in [4.78, 5) is 12.6. The first-order chi connectivity index (χ1) is 16.4. The van der Waals surface area contributed by atoms with Crippen LogP contribution in [-0.2, 0) is 20.1 Å². The monoisotopic (exact) mass is 468 g/mol. The molecule has 2 heterocycles. The molecule has 0 saturated heterocycles. The van der Waals surface area contributed by atoms with Crippen LogP contribution in [0, 0.1) is 0 Å². The van der Waals surface area contributed by atoms with E-state index < -0.39 is 11.8 Å². The standard InChI is InChI=1S/C25H28N2O7/c1-15-25(31-5,32-6)20-13-24-23(33-14-34-24)12-19(20)21(26-27(15)16(2)28)10-8-17-7-9-18(29-3)11-22(17)30-4/h7-13,15H,14H2,1-6H3. The summed E-state index contributed by atoms with van der Waals surface area (Å²) in [7, 11) is 6.27. The number of hydrogen-bond donors (Lipinski definition) is 0. The maximum absolute atomic E-state index is 12.6. The maximum atomic E-state index is 12.6. The molecule has 4 rings (SSSR count). The average Bonchev–Trinajstić information content (AvgIpc) is 3.28. The number of ether oxygens (including phenoxy) is 6. The zero-order chi connectivity index (χ0) is 24.5. The highest BCUT2D eigenvalue weighted by molar-refractivity contribution is 6.13. The van der Waals surface area contributed by atoms with Gasteiger partial charge < -0.3 is 28.4 Å². The van der Waals surface area contributed by atoms with Gasteiger partial charge in [0, 0.05) is 43.9 Å². The molecule has 34 heavy (non-hydrogen) atoms. The second kappa shape index (κ2) is 9.36. The second-order valence-corrected chi connectivity index (χ2v) is 7.79. The van der Waals surface area contributed by atoms with E-state index in [9.17, 15) is 4.79 Å². The summed E-state index contributed by atoms with van der Waals surface area (Å²) >= 11 is 0. The SMILES string of the molecule is COc1ccc(C=CC2=NN(C(C)=O)C(C)C(OC)(OC)c3cc4c(cc32)OCO4)c(OC)c1. The fourth-order valence-corrected chi connectivity index (χ4v) is 4.32. The Labute approximate surface area is 198 Å². The zero-order valence-electron chi connectivity index (χ0n) is 20.1. The lowest BCUT2D eigenvalue weighted by Crippen LogP contribution is -2.50. The van der Waals surface area contributed by atoms with Crippen molar-refractivity contribution in [1.82, 2.24) is 5.01 Å². The fraction of sp³-hybridized carbons (Fsp3) is 0.360. The molecule has 1 unspecified atom stereocenters. The first kappa shape index (κ1) is 23.6. The molecule has 0 aliphatic carbocycles. The van der Waals surface area contributed by atoms with Crippen LogP contribution in [0.15, 0.2) is 41.5 Å². The number of hydrogen-bond acceptors (Lipinski definition) is 8. The highest BCUT2D eigenvalue weighted by atomic mass is 16.7. The number of nitrogens with zero attached hydrogens (tertiary/aromatic N) is 2. The Hall–Kier alpha value is -3.56. The first-order valence-corrected chi connectivity index (χ1v) is 10.7. The Morgan fingerprint density at radius 3 is 2.38 bits per heavy atom. The van der Waals surface area contributed by atoms with Gasteiger partial charge in [0.1, 0.15) is 17.5 Å². The van der Waals surface area contributed by atoms with E-state index in [1.54, 1.807) is 20.3 Å². The fourth-order valence-electron chi connectivity index (χ4n) is 4.32. The van der Waals surface area contributed by atoms with Crippen LogP contribution in [0.5, 0.6) is 23.0 Å². The Kier molecular flexibility index (Phi) is 6.49. The summed E-state index contributed by atoms with van der Waals surface area (Å²) < 4.78 is 33.9. The predicted octanol–water partition coefficient (Wildman–Crippen LogP) is 3.55. The van der Waals surface area contributed by atoms with Gasteiger partial charge in [0.15, 0.2) is 11.5 Å². The number of carbonyl (C=O) groups is 1. The summed E-state index contributed by atoms with van der Waals surface area (Å²) in [6, 6.07) is 8.59. The lowest BCUT2D eigenvalue weighted by Gasteiger charge is -2.39. The van der Waals surface area contributed by atoms with E-state index in [2.05, 4.69) is 0 Å². The maximum Gasteiger partial charge on any atom is 0.240 e. The minimum absolute atomic E-state index is 0.117. The van der Waals surface area contributed by atoms with Crippen LogP contribution in [0.3, 0.4) is 0 Å². The molecule has 9 heteroatoms. The number of benzene rings is 2. The molecule has 2 aliphatic rings. The van der Waals surface area contributed by atoms with Crippen LogP contribution in [0.1, 0.15) is 30.5 Å². The van der Waals surface area contributed by atoms with Gasteiger partial charge in [-0.15, -0.1) is 0 Å². The van der Waals surface area contributed by atoms with Crippen LogP contribution < -0.4 is 18.9 Å². The summed E-state index contributed by atoms with van der Waals surface area (Å²) in [5.41, 5.74) is 2.68. The number of fused-ring (bicyclic) bond motifs is 2. The molecule has 0 fully saturated rings. The minimum Gasteiger partial charge on any atom is -0.497 e. The summed E-state index contributed by atoms with van der Waals surface area (Å²) in [6.07, 6.45) is 3.68. The third-order valence-electron chi connectivity index (χ3n) is 6.09. The molecule has 9 nitrogen and oxygen atoms in total. The van der Waals surface area contributed by atoms with E-state index in [1.807, 2.05) is 43.3 Å². The average molecular weight is 469 g/mol. The zero-order valence-corrected chi connectivity index (χ0v) is 20.1. The predicted molar refractivity (Wildman–Crippen MR) is 125 cm³/mol. The second-order valence-electron chi connectivity index (χ2n) is 7.79. The van der Waals surface area contributed by atoms with Gasteiger partial charge in [-0.25, -0.2) is 5.01 Å². The normalized spacial score (nSPS) is 18.4. The molecule has 1 atom stereocenters. The topological polar surface area (TPSA) is 88.1 Å². The van der Waals surface area contributed by atoms with E-state index in [0.29, 0.717) is 39.8 Å². The molecular weight excluding hydrogens is 440 g/mol. The van der Waals surface area contributed by atoms with Crippen molar-refractivity contribution in [2.45, 2.75) is 25.7 Å². The largest absolute Gasteiger partial charge is 0.497 e. The van der Waals surface area contributed by atoms with Gasteiger partial charge in [-0.2, -0.15) is 5.10 Å². The molecule has 2 aromatic carbocycles. The van der Waals surface area contributed by atoms with Crippen LogP contribution >= 0.6 is 0 Å². The Bertz CT molecular complexity index is 1150. The van der Waals surface area contributed by atoms with Crippen molar-refractivity contribution in [2.24, 2.45) is 5.10 Å². The molecule has 0 radical (unpaired) electrons. The van der Waals surface area contributed by atoms with E-state index >= 15 is 0 Å². The Morgan fingerprint density at radius 2 is 1.76 bits per heavy atom. The first-order valence-electron chi connectivity index (χ1n) is 10.7. The molecular formula is C25H28N2O7. The van der Waals surface area contributed by atoms with Crippen molar-refractivity contribution in [3.05, 3.63) is 53.1 Å². The van der Waals surface area contributed by atoms with Crippen LogP contribution in [0.4, 0.5) is 0 Å². The molecule has 2 aromatic rings. The van der Waals surface area contributed by atoms with Crippen molar-refractivity contribution in [3.63, 3.8) is 0 Å². The molecule has 0 saturated carbocycles. The van der Waals surface area contributed by atoms with E-state index in [4.69, 9.17) is 33.5 Å². The molecule has 180 valence electrons. The van der Waals surface area contributed by atoms with Crippen LogP contribution in [0.2, 0.25) is 0 Å². The third kappa shape index (κ3) is 3.86. The van der Waals surface area contributed by atoms with Crippen molar-refractivity contribution in [1.29, 1.82) is 0 Å². The number of rotatable bonds is 6. The summed E-state index contributed by atoms with van der Waals surface area (Å²) in [5.74, 6) is 0.911. The number of allylic oxidation sites excluding steroid dienone is 1. The van der Waals surface area contributed by atoms with Gasteiger partial charge in [0.2, 0.25) is 18.5 Å². The lowest BCUT2D eigenvalue weighted by molar-refractivity contribution is -0.248. The molecule has 0 N–H and O–H groups in total. The lowest BCUT2D eigenvalue weighted by atomic mass is 9.91. The van der Waals surface area contributed by atoms with Crippen molar-refractivity contribution >= 4 is 17.7 Å². The van der Waals surface area contributed by atoms with E-state index in [-0.39, 0.29) is 12.7 Å². The van der Waals surface area contributed by atoms with Crippen LogP contribution in [0.25, 0.3) is 6.08 Å². The van der Waals surface area contributed by atoms with Gasteiger partial charge in [-0.1, -0.05) is 0 Å². The van der Waals surface area contributed by atoms with Gasteiger partial charge >= 0.3 is 0 Å². The number of hydrazone groups is 1. The number of methoxy groups -OCH3 is 4. The van der Waals surface area contributed by atoms with Crippen LogP contribution in [-0.4, -0.2) is 57.9 Å².